The molecule has 0 aliphatic carbocycles. The van der Waals surface area contributed by atoms with E-state index in [9.17, 15) is 26.0 Å². The summed E-state index contributed by atoms with van der Waals surface area (Å²) in [6, 6.07) is 11.3. The Balaban J connectivity index is 1.22. The van der Waals surface area contributed by atoms with Crippen molar-refractivity contribution in [3.63, 3.8) is 0 Å². The smallest absolute Gasteiger partial charge is 0.281 e. The van der Waals surface area contributed by atoms with E-state index in [-0.39, 0.29) is 46.4 Å². The third-order valence-corrected chi connectivity index (χ3v) is 12.0. The van der Waals surface area contributed by atoms with Crippen LogP contribution in [0.5, 0.6) is 0 Å². The molecule has 2 aliphatic heterocycles. The fourth-order valence-electron chi connectivity index (χ4n) is 5.64. The van der Waals surface area contributed by atoms with Crippen LogP contribution in [-0.4, -0.2) is 76.6 Å². The maximum atomic E-state index is 13.6. The molecule has 12 nitrogen and oxygen atoms in total. The number of hydrogen-bond acceptors (Lipinski definition) is 8. The second-order valence-corrected chi connectivity index (χ2v) is 15.1. The first-order valence-corrected chi connectivity index (χ1v) is 17.1. The van der Waals surface area contributed by atoms with Crippen molar-refractivity contribution < 1.29 is 21.2 Å². The average Bonchev–Trinajstić information content (AvgIpc) is 3.41. The van der Waals surface area contributed by atoms with Gasteiger partial charge in [0.2, 0.25) is 20.0 Å². The van der Waals surface area contributed by atoms with Crippen LogP contribution in [0.25, 0.3) is 11.2 Å². The third-order valence-electron chi connectivity index (χ3n) is 8.25. The molecule has 0 saturated carbocycles. The molecular weight excluding hydrogens is 597 g/mol. The zero-order chi connectivity index (χ0) is 30.4. The Hall–Kier alpha value is -3.53. The zero-order valence-electron chi connectivity index (χ0n) is 23.6. The van der Waals surface area contributed by atoms with Gasteiger partial charge in [0.05, 0.1) is 16.3 Å². The number of rotatable bonds is 7. The molecule has 4 aromatic rings. The largest absolute Gasteiger partial charge is 0.308 e. The summed E-state index contributed by atoms with van der Waals surface area (Å²) in [5.74, 6) is 0.0461. The van der Waals surface area contributed by atoms with E-state index in [0.29, 0.717) is 37.7 Å². The molecule has 15 heteroatoms. The quantitative estimate of drug-likeness (QED) is 0.328. The van der Waals surface area contributed by atoms with Gasteiger partial charge in [0.15, 0.2) is 11.2 Å². The Morgan fingerprint density at radius 3 is 2.16 bits per heavy atom. The number of benzene rings is 2. The fraction of sp³-hybridized carbons (Fsp3) is 0.429. The lowest BCUT2D eigenvalue weighted by molar-refractivity contribution is 0.288. The number of aromatic amines is 1. The van der Waals surface area contributed by atoms with Crippen molar-refractivity contribution in [3.05, 3.63) is 76.1 Å². The average molecular weight is 630 g/mol. The number of fused-ring (bicyclic) bond motifs is 1. The Morgan fingerprint density at radius 2 is 1.51 bits per heavy atom. The van der Waals surface area contributed by atoms with E-state index in [1.165, 1.54) is 49.7 Å². The molecule has 2 aliphatic rings. The van der Waals surface area contributed by atoms with Crippen LogP contribution in [-0.2, 0) is 26.6 Å². The van der Waals surface area contributed by atoms with Gasteiger partial charge in [-0.05, 0) is 73.6 Å². The monoisotopic (exact) mass is 629 g/mol. The van der Waals surface area contributed by atoms with Crippen molar-refractivity contribution in [1.82, 2.24) is 33.6 Å². The molecular formula is C28H32FN7O5S2. The van der Waals surface area contributed by atoms with Crippen molar-refractivity contribution in [2.24, 2.45) is 5.92 Å². The number of piperidine rings is 2. The molecule has 0 bridgehead atoms. The van der Waals surface area contributed by atoms with E-state index < -0.39 is 31.5 Å². The predicted octanol–water partition coefficient (Wildman–Crippen LogP) is 2.69. The lowest BCUT2D eigenvalue weighted by Crippen LogP contribution is -2.40. The van der Waals surface area contributed by atoms with Gasteiger partial charge in [-0.15, -0.1) is 5.10 Å². The highest BCUT2D eigenvalue weighted by molar-refractivity contribution is 7.89. The minimum absolute atomic E-state index is 0.00200. The molecule has 43 heavy (non-hydrogen) atoms. The van der Waals surface area contributed by atoms with Crippen LogP contribution in [0, 0.1) is 11.7 Å². The van der Waals surface area contributed by atoms with E-state index in [1.807, 2.05) is 0 Å². The first-order chi connectivity index (χ1) is 20.5. The van der Waals surface area contributed by atoms with Crippen molar-refractivity contribution in [1.29, 1.82) is 0 Å². The van der Waals surface area contributed by atoms with Crippen LogP contribution < -0.4 is 5.56 Å². The number of halogens is 1. The Kier molecular flexibility index (Phi) is 7.91. The Labute approximate surface area is 248 Å². The summed E-state index contributed by atoms with van der Waals surface area (Å²) >= 11 is 0. The van der Waals surface area contributed by atoms with Crippen molar-refractivity contribution >= 4 is 31.2 Å². The van der Waals surface area contributed by atoms with Crippen molar-refractivity contribution in [2.45, 2.75) is 54.9 Å². The van der Waals surface area contributed by atoms with Crippen molar-refractivity contribution in [2.75, 3.05) is 26.2 Å². The molecule has 4 heterocycles. The van der Waals surface area contributed by atoms with E-state index >= 15 is 0 Å². The summed E-state index contributed by atoms with van der Waals surface area (Å²) in [5, 5.41) is 8.00. The summed E-state index contributed by atoms with van der Waals surface area (Å²) in [7, 11) is -7.65. The maximum absolute atomic E-state index is 13.6. The van der Waals surface area contributed by atoms with Gasteiger partial charge in [-0.2, -0.15) is 8.61 Å². The van der Waals surface area contributed by atoms with E-state index in [0.717, 1.165) is 18.4 Å². The summed E-state index contributed by atoms with van der Waals surface area (Å²) in [6.45, 7) is 3.58. The molecule has 2 saturated heterocycles. The highest BCUT2D eigenvalue weighted by Gasteiger charge is 2.33. The summed E-state index contributed by atoms with van der Waals surface area (Å²) in [4.78, 5) is 20.3. The minimum atomic E-state index is -3.95. The molecule has 228 valence electrons. The standard InChI is InChI=1S/C28H32FN7O5S2/c1-19-12-15-34(16-13-19)42(38,39)23-8-10-24(11-9-23)43(40,41)35-14-2-3-21(18-35)26-30-27-25(28(37)31-26)32-33-36(27)17-20-4-6-22(29)7-5-20/h4-11,19,21H,2-3,12-18H2,1H3,(H,30,31,37)/t21-/m1/s1. The highest BCUT2D eigenvalue weighted by atomic mass is 32.2. The Bertz CT molecular complexity index is 1900. The van der Waals surface area contributed by atoms with E-state index in [2.05, 4.69) is 27.2 Å². The maximum Gasteiger partial charge on any atom is 0.281 e. The van der Waals surface area contributed by atoms with Crippen LogP contribution in [0.4, 0.5) is 4.39 Å². The van der Waals surface area contributed by atoms with Crippen LogP contribution in [0.15, 0.2) is 63.1 Å². The number of aromatic nitrogens is 5. The van der Waals surface area contributed by atoms with Gasteiger partial charge in [0.25, 0.3) is 5.56 Å². The molecule has 0 unspecified atom stereocenters. The summed E-state index contributed by atoms with van der Waals surface area (Å²) in [6.07, 6.45) is 2.73. The first-order valence-electron chi connectivity index (χ1n) is 14.2. The van der Waals surface area contributed by atoms with Crippen LogP contribution in [0.3, 0.4) is 0 Å². The molecule has 1 N–H and O–H groups in total. The third kappa shape index (κ3) is 5.86. The van der Waals surface area contributed by atoms with Gasteiger partial charge in [0, 0.05) is 32.1 Å². The number of nitrogens with zero attached hydrogens (tertiary/aromatic N) is 6. The van der Waals surface area contributed by atoms with Gasteiger partial charge in [-0.3, -0.25) is 4.79 Å². The molecule has 1 atom stereocenters. The van der Waals surface area contributed by atoms with Crippen molar-refractivity contribution in [3.8, 4) is 0 Å². The van der Waals surface area contributed by atoms with Gasteiger partial charge < -0.3 is 4.98 Å². The van der Waals surface area contributed by atoms with Gasteiger partial charge >= 0.3 is 0 Å². The molecule has 2 fully saturated rings. The number of H-pyrrole nitrogens is 1. The second-order valence-electron chi connectivity index (χ2n) is 11.3. The molecule has 0 spiro atoms. The normalized spacial score (nSPS) is 19.6. The lowest BCUT2D eigenvalue weighted by atomic mass is 9.99. The Morgan fingerprint density at radius 1 is 0.884 bits per heavy atom. The number of sulfonamides is 2. The second kappa shape index (κ2) is 11.5. The molecule has 6 rings (SSSR count). The first kappa shape index (κ1) is 29.5. The lowest BCUT2D eigenvalue weighted by Gasteiger charge is -2.31. The van der Waals surface area contributed by atoms with Gasteiger partial charge in [0.1, 0.15) is 11.6 Å². The van der Waals surface area contributed by atoms with Gasteiger partial charge in [-0.1, -0.05) is 24.3 Å². The van der Waals surface area contributed by atoms with E-state index in [1.54, 1.807) is 12.1 Å². The van der Waals surface area contributed by atoms with Gasteiger partial charge in [-0.25, -0.2) is 30.9 Å². The summed E-state index contributed by atoms with van der Waals surface area (Å²) in [5.41, 5.74) is 0.574. The number of nitrogens with one attached hydrogen (secondary N) is 1. The minimum Gasteiger partial charge on any atom is -0.308 e. The van der Waals surface area contributed by atoms with E-state index in [4.69, 9.17) is 0 Å². The molecule has 0 amide bonds. The zero-order valence-corrected chi connectivity index (χ0v) is 25.2. The number of hydrogen-bond donors (Lipinski definition) is 1. The predicted molar refractivity (Wildman–Crippen MR) is 156 cm³/mol. The van der Waals surface area contributed by atoms with Crippen LogP contribution >= 0.6 is 0 Å². The topological polar surface area (TPSA) is 151 Å². The molecule has 0 radical (unpaired) electrons. The summed E-state index contributed by atoms with van der Waals surface area (Å²) < 4.78 is 71.0. The molecule has 2 aromatic carbocycles. The van der Waals surface area contributed by atoms with Crippen LogP contribution in [0.2, 0.25) is 0 Å². The molecule has 2 aromatic heterocycles. The highest BCUT2D eigenvalue weighted by Crippen LogP contribution is 2.30. The SMILES string of the molecule is CC1CCN(S(=O)(=O)c2ccc(S(=O)(=O)N3CCC[C@@H](c4nc5c(nnn5Cc5ccc(F)cc5)c(=O)[nH]4)C3)cc2)CC1. The van der Waals surface area contributed by atoms with Crippen LogP contribution in [0.1, 0.15) is 49.9 Å². The fourth-order valence-corrected chi connectivity index (χ4v) is 8.63.